The maximum Gasteiger partial charge on any atom is 0.333 e. The fraction of sp³-hybridized carbons (Fsp3) is 0.364. The fourth-order valence-corrected chi connectivity index (χ4v) is 15.2. The van der Waals surface area contributed by atoms with Crippen molar-refractivity contribution in [1.29, 1.82) is 0 Å². The lowest BCUT2D eigenvalue weighted by molar-refractivity contribution is 0.332. The number of nitrogens with zero attached hydrogens (tertiary/aromatic N) is 2. The first-order chi connectivity index (χ1) is 33.4. The summed E-state index contributed by atoms with van der Waals surface area (Å²) in [5.41, 5.74) is 22.5. The monoisotopic (exact) mass is 947 g/mol. The van der Waals surface area contributed by atoms with Crippen LogP contribution in [0.2, 0.25) is 0 Å². The van der Waals surface area contributed by atoms with Crippen LogP contribution in [0.4, 0.5) is 11.4 Å². The Morgan fingerprint density at radius 3 is 1.75 bits per heavy atom. The second kappa shape index (κ2) is 13.6. The lowest BCUT2D eigenvalue weighted by atomic mass is 9.43. The van der Waals surface area contributed by atoms with Gasteiger partial charge in [-0.1, -0.05) is 139 Å². The molecule has 2 aliphatic heterocycles. The van der Waals surface area contributed by atoms with Crippen LogP contribution in [-0.4, -0.2) is 11.4 Å². The van der Waals surface area contributed by atoms with Crippen LogP contribution in [0.15, 0.2) is 108 Å². The molecule has 0 unspecified atom stereocenters. The molecular formula is C66H67BN2OS. The first-order valence-corrected chi connectivity index (χ1v) is 27.4. The van der Waals surface area contributed by atoms with E-state index in [2.05, 4.69) is 209 Å². The van der Waals surface area contributed by atoms with Gasteiger partial charge < -0.3 is 13.8 Å². The van der Waals surface area contributed by atoms with Gasteiger partial charge in [-0.3, -0.25) is 0 Å². The predicted molar refractivity (Wildman–Crippen MR) is 308 cm³/mol. The summed E-state index contributed by atoms with van der Waals surface area (Å²) in [6.45, 7) is 33.7. The average molecular weight is 947 g/mol. The molecule has 0 atom stereocenters. The van der Waals surface area contributed by atoms with E-state index in [0.717, 1.165) is 11.2 Å². The number of thiophene rings is 1. The molecule has 10 aromatic rings. The van der Waals surface area contributed by atoms with Gasteiger partial charge in [-0.2, -0.15) is 0 Å². The third kappa shape index (κ3) is 5.85. The molecule has 3 aromatic heterocycles. The molecule has 2 aliphatic carbocycles. The molecule has 5 heteroatoms. The molecule has 0 bridgehead atoms. The largest absolute Gasteiger partial charge is 0.455 e. The first kappa shape index (κ1) is 44.0. The number of benzene rings is 7. The van der Waals surface area contributed by atoms with E-state index in [1.54, 1.807) is 0 Å². The number of aromatic nitrogens is 1. The van der Waals surface area contributed by atoms with Gasteiger partial charge >= 0.3 is 6.85 Å². The highest BCUT2D eigenvalue weighted by Crippen LogP contribution is 2.56. The van der Waals surface area contributed by atoms with Crippen LogP contribution < -0.4 is 15.7 Å². The number of hydrogen-bond donors (Lipinski definition) is 0. The van der Waals surface area contributed by atoms with Crippen molar-refractivity contribution in [1.82, 2.24) is 4.57 Å². The molecule has 0 N–H and O–H groups in total. The van der Waals surface area contributed by atoms with Crippen LogP contribution in [-0.2, 0) is 32.5 Å². The third-order valence-electron chi connectivity index (χ3n) is 18.6. The summed E-state index contributed by atoms with van der Waals surface area (Å²) in [5.74, 6) is 0. The molecule has 7 aromatic carbocycles. The quantitative estimate of drug-likeness (QED) is 0.153. The van der Waals surface area contributed by atoms with Gasteiger partial charge in [-0.25, -0.2) is 0 Å². The van der Waals surface area contributed by atoms with Gasteiger partial charge in [0.05, 0.1) is 11.0 Å². The van der Waals surface area contributed by atoms with Crippen LogP contribution in [0.5, 0.6) is 0 Å². The van der Waals surface area contributed by atoms with E-state index in [0.29, 0.717) is 0 Å². The van der Waals surface area contributed by atoms with E-state index < -0.39 is 0 Å². The van der Waals surface area contributed by atoms with Crippen molar-refractivity contribution in [2.75, 3.05) is 4.81 Å². The minimum atomic E-state index is -0.135. The number of anilines is 2. The topological polar surface area (TPSA) is 21.3 Å². The molecule has 0 fully saturated rings. The minimum absolute atomic E-state index is 0.0233. The third-order valence-corrected chi connectivity index (χ3v) is 19.7. The molecule has 0 saturated carbocycles. The number of para-hydroxylation sites is 1. The van der Waals surface area contributed by atoms with E-state index in [4.69, 9.17) is 4.42 Å². The van der Waals surface area contributed by atoms with Gasteiger partial charge in [0.15, 0.2) is 0 Å². The zero-order chi connectivity index (χ0) is 49.4. The summed E-state index contributed by atoms with van der Waals surface area (Å²) in [4.78, 5) is 2.75. The van der Waals surface area contributed by atoms with Crippen molar-refractivity contribution in [2.24, 2.45) is 0 Å². The highest BCUT2D eigenvalue weighted by Gasteiger charge is 2.48. The second-order valence-corrected chi connectivity index (χ2v) is 28.1. The summed E-state index contributed by atoms with van der Waals surface area (Å²) in [6.07, 6.45) is 4.73. The summed E-state index contributed by atoms with van der Waals surface area (Å²) < 4.78 is 12.9. The van der Waals surface area contributed by atoms with Crippen LogP contribution in [0.3, 0.4) is 0 Å². The Labute approximate surface area is 424 Å². The van der Waals surface area contributed by atoms with Crippen LogP contribution >= 0.6 is 11.3 Å². The zero-order valence-corrected chi connectivity index (χ0v) is 45.2. The lowest BCUT2D eigenvalue weighted by Gasteiger charge is -2.43. The Morgan fingerprint density at radius 1 is 0.535 bits per heavy atom. The summed E-state index contributed by atoms with van der Waals surface area (Å²) in [6, 6.07) is 41.5. The molecule has 71 heavy (non-hydrogen) atoms. The molecule has 0 spiro atoms. The number of hydrogen-bond acceptors (Lipinski definition) is 3. The maximum absolute atomic E-state index is 7.45. The highest BCUT2D eigenvalue weighted by molar-refractivity contribution is 7.25. The average Bonchev–Trinajstić information content (AvgIpc) is 3.98. The van der Waals surface area contributed by atoms with Crippen LogP contribution in [0.1, 0.15) is 156 Å². The van der Waals surface area contributed by atoms with Crippen LogP contribution in [0, 0.1) is 0 Å². The number of rotatable bonds is 1. The zero-order valence-electron chi connectivity index (χ0n) is 44.4. The van der Waals surface area contributed by atoms with Gasteiger partial charge in [0.2, 0.25) is 0 Å². The Balaban J connectivity index is 1.20. The molecule has 0 radical (unpaired) electrons. The van der Waals surface area contributed by atoms with Gasteiger partial charge in [-0.15, -0.1) is 11.3 Å². The van der Waals surface area contributed by atoms with Crippen molar-refractivity contribution >= 4 is 104 Å². The Morgan fingerprint density at radius 2 is 1.10 bits per heavy atom. The van der Waals surface area contributed by atoms with Crippen LogP contribution in [0.25, 0.3) is 80.7 Å². The standard InChI is InChI=1S/C66H67BN2OS/c1-61(2,3)36-19-22-38(23-20-36)69-51-32-41-40-30-44-47(66(13,14)28-26-63(44,7)8)35-54(40)71-53(41)33-43(51)57-58-59-55(56-39-17-15-16-18-52(39)70-60(56)57)42-31-45-46(65(11,12)27-25-64(45,9)10)34-50(42)68(59)49-24-21-37(62(4,5)6)29-48(49)67(58)69/h15-24,29-35H,25-28H2,1-14H3. The molecular weight excluding hydrogens is 880 g/mol. The first-order valence-electron chi connectivity index (χ1n) is 26.5. The molecule has 5 heterocycles. The molecule has 3 nitrogen and oxygen atoms in total. The highest BCUT2D eigenvalue weighted by atomic mass is 32.1. The van der Waals surface area contributed by atoms with E-state index in [9.17, 15) is 0 Å². The number of furan rings is 1. The fourth-order valence-electron chi connectivity index (χ4n) is 14.0. The Bertz CT molecular complexity index is 4020. The van der Waals surface area contributed by atoms with Crippen molar-refractivity contribution < 1.29 is 4.42 Å². The molecule has 0 amide bonds. The van der Waals surface area contributed by atoms with E-state index in [-0.39, 0.29) is 39.3 Å². The van der Waals surface area contributed by atoms with Gasteiger partial charge in [0.1, 0.15) is 11.2 Å². The lowest BCUT2D eigenvalue weighted by Crippen LogP contribution is -2.60. The smallest absolute Gasteiger partial charge is 0.333 e. The van der Waals surface area contributed by atoms with E-state index in [1.807, 2.05) is 11.3 Å². The molecule has 0 saturated heterocycles. The molecule has 356 valence electrons. The van der Waals surface area contributed by atoms with Crippen molar-refractivity contribution in [3.63, 3.8) is 0 Å². The Kier molecular flexibility index (Phi) is 8.44. The summed E-state index contributed by atoms with van der Waals surface area (Å²) in [5, 5.41) is 7.80. The van der Waals surface area contributed by atoms with Crippen molar-refractivity contribution in [2.45, 2.75) is 155 Å². The van der Waals surface area contributed by atoms with E-state index >= 15 is 0 Å². The summed E-state index contributed by atoms with van der Waals surface area (Å²) in [7, 11) is 0. The van der Waals surface area contributed by atoms with Crippen molar-refractivity contribution in [3.8, 4) is 16.8 Å². The SMILES string of the molecule is CC(C)(C)c1ccc(N2B3c4cc(C(C)(C)C)ccc4-n4c5cc6c(cc5c5c7c(oc8ccccc87)c(c3c54)-c3cc4sc5cc7c(cc5c4cc32)C(C)(C)CCC7(C)C)C(C)(C)CCC6(C)C)cc1. The van der Waals surface area contributed by atoms with Crippen molar-refractivity contribution in [3.05, 3.63) is 137 Å². The predicted octanol–water partition coefficient (Wildman–Crippen LogP) is 17.6. The summed E-state index contributed by atoms with van der Waals surface area (Å²) >= 11 is 1.97. The maximum atomic E-state index is 7.45. The van der Waals surface area contributed by atoms with Gasteiger partial charge in [0.25, 0.3) is 0 Å². The van der Waals surface area contributed by atoms with E-state index in [1.165, 1.54) is 151 Å². The Hall–Kier alpha value is -5.78. The van der Waals surface area contributed by atoms with Gasteiger partial charge in [0, 0.05) is 69.9 Å². The normalized spacial score (nSPS) is 18.5. The number of fused-ring (bicyclic) bond motifs is 18. The molecule has 4 aliphatic rings. The second-order valence-electron chi connectivity index (χ2n) is 27.1. The molecule has 14 rings (SSSR count). The minimum Gasteiger partial charge on any atom is -0.455 e. The van der Waals surface area contributed by atoms with Gasteiger partial charge in [-0.05, 0) is 163 Å².